The van der Waals surface area contributed by atoms with Gasteiger partial charge in [0.2, 0.25) is 0 Å². The lowest BCUT2D eigenvalue weighted by Gasteiger charge is -2.15. The maximum Gasteiger partial charge on any atom is 0.387 e. The number of rotatable bonds is 13. The van der Waals surface area contributed by atoms with Crippen molar-refractivity contribution in [1.29, 1.82) is 0 Å². The molecule has 0 unspecified atom stereocenters. The van der Waals surface area contributed by atoms with Gasteiger partial charge in [-0.25, -0.2) is 4.99 Å². The molecule has 0 amide bonds. The van der Waals surface area contributed by atoms with Crippen LogP contribution in [0.25, 0.3) is 0 Å². The van der Waals surface area contributed by atoms with Crippen LogP contribution in [0.5, 0.6) is 11.5 Å². The van der Waals surface area contributed by atoms with E-state index in [-0.39, 0.29) is 42.0 Å². The molecular weight excluding hydrogens is 523 g/mol. The topological polar surface area (TPSA) is 77.3 Å². The number of benzene rings is 1. The second kappa shape index (κ2) is 15.7. The monoisotopic (exact) mass is 553 g/mol. The molecule has 0 aliphatic rings. The second-order valence-electron chi connectivity index (χ2n) is 6.16. The van der Waals surface area contributed by atoms with Crippen molar-refractivity contribution in [3.05, 3.63) is 47.9 Å². The fraction of sp³-hybridized carbons (Fsp3) is 0.476. The van der Waals surface area contributed by atoms with Crippen molar-refractivity contribution in [2.75, 3.05) is 26.3 Å². The van der Waals surface area contributed by atoms with Crippen LogP contribution >= 0.6 is 24.0 Å². The van der Waals surface area contributed by atoms with E-state index in [0.29, 0.717) is 44.4 Å². The minimum atomic E-state index is -2.94. The Kier molecular flexibility index (Phi) is 13.6. The number of ether oxygens (including phenoxy) is 3. The average molecular weight is 553 g/mol. The minimum Gasteiger partial charge on any atom is -0.490 e. The number of aliphatic imine (C=N–C) groups is 1. The summed E-state index contributed by atoms with van der Waals surface area (Å²) in [5.74, 6) is 1.65. The van der Waals surface area contributed by atoms with Crippen LogP contribution in [0, 0.1) is 0 Å². The molecule has 0 spiro atoms. The summed E-state index contributed by atoms with van der Waals surface area (Å²) in [5.41, 5.74) is 0.514. The van der Waals surface area contributed by atoms with Crippen LogP contribution in [0.2, 0.25) is 0 Å². The summed E-state index contributed by atoms with van der Waals surface area (Å²) >= 11 is 0. The van der Waals surface area contributed by atoms with Crippen molar-refractivity contribution in [3.63, 3.8) is 0 Å². The van der Waals surface area contributed by atoms with Gasteiger partial charge in [-0.05, 0) is 38.5 Å². The maximum atomic E-state index is 12.8. The van der Waals surface area contributed by atoms with Gasteiger partial charge in [0, 0.05) is 25.3 Å². The summed E-state index contributed by atoms with van der Waals surface area (Å²) in [5, 5.41) is 6.33. The van der Waals surface area contributed by atoms with E-state index in [1.165, 1.54) is 0 Å². The predicted octanol–water partition coefficient (Wildman–Crippen LogP) is 4.56. The zero-order valence-electron chi connectivity index (χ0n) is 17.7. The van der Waals surface area contributed by atoms with E-state index in [4.69, 9.17) is 13.9 Å². The van der Waals surface area contributed by atoms with Crippen molar-refractivity contribution >= 4 is 29.9 Å². The third-order valence-corrected chi connectivity index (χ3v) is 3.90. The van der Waals surface area contributed by atoms with Crippen molar-refractivity contribution in [1.82, 2.24) is 10.6 Å². The summed E-state index contributed by atoms with van der Waals surface area (Å²) < 4.78 is 46.5. The zero-order valence-corrected chi connectivity index (χ0v) is 20.1. The van der Waals surface area contributed by atoms with Gasteiger partial charge in [0.15, 0.2) is 17.5 Å². The van der Waals surface area contributed by atoms with Gasteiger partial charge in [-0.1, -0.05) is 12.1 Å². The Morgan fingerprint density at radius 2 is 2.00 bits per heavy atom. The Morgan fingerprint density at radius 3 is 2.68 bits per heavy atom. The van der Waals surface area contributed by atoms with Gasteiger partial charge in [0.25, 0.3) is 0 Å². The molecule has 7 nitrogen and oxygen atoms in total. The Morgan fingerprint density at radius 1 is 1.16 bits per heavy atom. The van der Waals surface area contributed by atoms with E-state index < -0.39 is 6.61 Å². The largest absolute Gasteiger partial charge is 0.490 e. The van der Waals surface area contributed by atoms with E-state index in [9.17, 15) is 8.78 Å². The van der Waals surface area contributed by atoms with Crippen LogP contribution < -0.4 is 20.1 Å². The summed E-state index contributed by atoms with van der Waals surface area (Å²) in [6.07, 6.45) is 2.38. The molecule has 0 radical (unpaired) electrons. The fourth-order valence-electron chi connectivity index (χ4n) is 2.63. The quantitative estimate of drug-likeness (QED) is 0.164. The number of nitrogens with one attached hydrogen (secondary N) is 2. The minimum absolute atomic E-state index is 0. The van der Waals surface area contributed by atoms with Gasteiger partial charge in [-0.15, -0.1) is 24.0 Å². The molecule has 0 fully saturated rings. The molecule has 31 heavy (non-hydrogen) atoms. The first-order chi connectivity index (χ1) is 14.6. The van der Waals surface area contributed by atoms with E-state index >= 15 is 0 Å². The van der Waals surface area contributed by atoms with Crippen LogP contribution in [0.4, 0.5) is 8.78 Å². The number of hydrogen-bond donors (Lipinski definition) is 2. The van der Waals surface area contributed by atoms with Crippen molar-refractivity contribution in [2.24, 2.45) is 4.99 Å². The van der Waals surface area contributed by atoms with Crippen LogP contribution in [-0.2, 0) is 17.9 Å². The lowest BCUT2D eigenvalue weighted by atomic mass is 10.2. The molecule has 0 bridgehead atoms. The third kappa shape index (κ3) is 10.2. The highest BCUT2D eigenvalue weighted by Gasteiger charge is 2.15. The first-order valence-corrected chi connectivity index (χ1v) is 9.95. The van der Waals surface area contributed by atoms with Crippen LogP contribution in [0.15, 0.2) is 46.0 Å². The van der Waals surface area contributed by atoms with E-state index in [1.807, 2.05) is 19.1 Å². The highest BCUT2D eigenvalue weighted by Crippen LogP contribution is 2.33. The first-order valence-electron chi connectivity index (χ1n) is 9.95. The molecule has 10 heteroatoms. The Hall–Kier alpha value is -2.08. The average Bonchev–Trinajstić information content (AvgIpc) is 3.24. The number of halogens is 3. The van der Waals surface area contributed by atoms with Crippen molar-refractivity contribution in [3.8, 4) is 11.5 Å². The van der Waals surface area contributed by atoms with Gasteiger partial charge in [-0.3, -0.25) is 0 Å². The molecule has 1 aromatic carbocycles. The van der Waals surface area contributed by atoms with Crippen LogP contribution in [-0.4, -0.2) is 38.9 Å². The molecule has 2 aromatic rings. The zero-order chi connectivity index (χ0) is 21.6. The number of furan rings is 1. The third-order valence-electron chi connectivity index (χ3n) is 3.90. The van der Waals surface area contributed by atoms with Gasteiger partial charge >= 0.3 is 6.61 Å². The molecule has 0 saturated heterocycles. The normalized spacial score (nSPS) is 11.2. The Bertz CT molecular complexity index is 761. The lowest BCUT2D eigenvalue weighted by molar-refractivity contribution is -0.0520. The number of nitrogens with zero attached hydrogens (tertiary/aromatic N) is 1. The first kappa shape index (κ1) is 27.0. The van der Waals surface area contributed by atoms with Gasteiger partial charge in [0.1, 0.15) is 12.4 Å². The fourth-order valence-corrected chi connectivity index (χ4v) is 2.63. The summed E-state index contributed by atoms with van der Waals surface area (Å²) in [4.78, 5) is 4.47. The molecule has 0 atom stereocenters. The molecule has 0 saturated carbocycles. The molecule has 1 aromatic heterocycles. The summed E-state index contributed by atoms with van der Waals surface area (Å²) in [7, 11) is 0. The molecular formula is C21H30F2IN3O4. The van der Waals surface area contributed by atoms with Crippen molar-refractivity contribution < 1.29 is 27.4 Å². The van der Waals surface area contributed by atoms with Crippen molar-refractivity contribution in [2.45, 2.75) is 40.0 Å². The lowest BCUT2D eigenvalue weighted by Crippen LogP contribution is -2.38. The molecule has 2 rings (SSSR count). The standard InChI is InChI=1S/C21H29F2N3O4.HI/c1-3-24-21(25-11-7-12-27-15-17-9-6-13-29-17)26-14-16-8-5-10-18(28-4-2)19(16)30-20(22)23;/h5-6,8-10,13,20H,3-4,7,11-12,14-15H2,1-2H3,(H2,24,25,26);1H. The van der Waals surface area contributed by atoms with Gasteiger partial charge in [-0.2, -0.15) is 8.78 Å². The number of alkyl halides is 2. The highest BCUT2D eigenvalue weighted by molar-refractivity contribution is 14.0. The number of guanidine groups is 1. The Labute approximate surface area is 198 Å². The number of hydrogen-bond acceptors (Lipinski definition) is 5. The summed E-state index contributed by atoms with van der Waals surface area (Å²) in [6.45, 7) is 3.60. The number of para-hydroxylation sites is 1. The van der Waals surface area contributed by atoms with Gasteiger partial charge in [0.05, 0.1) is 19.4 Å². The maximum absolute atomic E-state index is 12.8. The van der Waals surface area contributed by atoms with Crippen LogP contribution in [0.1, 0.15) is 31.6 Å². The van der Waals surface area contributed by atoms with Crippen LogP contribution in [0.3, 0.4) is 0 Å². The highest BCUT2D eigenvalue weighted by atomic mass is 127. The summed E-state index contributed by atoms with van der Waals surface area (Å²) in [6, 6.07) is 8.70. The van der Waals surface area contributed by atoms with E-state index in [2.05, 4.69) is 20.4 Å². The molecule has 174 valence electrons. The molecule has 2 N–H and O–H groups in total. The molecule has 0 aliphatic heterocycles. The van der Waals surface area contributed by atoms with E-state index in [1.54, 1.807) is 31.4 Å². The Balaban J connectivity index is 0.00000480. The second-order valence-corrected chi connectivity index (χ2v) is 6.16. The molecule has 1 heterocycles. The molecule has 0 aliphatic carbocycles. The smallest absolute Gasteiger partial charge is 0.387 e. The van der Waals surface area contributed by atoms with E-state index in [0.717, 1.165) is 12.2 Å². The van der Waals surface area contributed by atoms with Gasteiger partial charge < -0.3 is 29.3 Å². The SMILES string of the molecule is CCNC(=NCc1cccc(OCC)c1OC(F)F)NCCCOCc1ccco1.I. The predicted molar refractivity (Wildman–Crippen MR) is 125 cm³/mol.